The van der Waals surface area contributed by atoms with E-state index in [1.165, 1.54) is 0 Å². The molecule has 0 fully saturated rings. The van der Waals surface area contributed by atoms with Crippen molar-refractivity contribution in [3.63, 3.8) is 0 Å². The molecule has 17 heavy (non-hydrogen) atoms. The molecule has 1 N–H and O–H groups in total. The topological polar surface area (TPSA) is 94.2 Å². The summed E-state index contributed by atoms with van der Waals surface area (Å²) in [5.41, 5.74) is 2.66. The molecule has 0 bridgehead atoms. The van der Waals surface area contributed by atoms with Crippen molar-refractivity contribution in [3.8, 4) is 0 Å². The lowest BCUT2D eigenvalue weighted by Gasteiger charge is -2.04. The fourth-order valence-electron chi connectivity index (χ4n) is 1.52. The summed E-state index contributed by atoms with van der Waals surface area (Å²) in [6, 6.07) is 3.50. The van der Waals surface area contributed by atoms with E-state index >= 15 is 0 Å². The van der Waals surface area contributed by atoms with E-state index < -0.39 is 0 Å². The van der Waals surface area contributed by atoms with Crippen molar-refractivity contribution in [1.29, 1.82) is 0 Å². The maximum atomic E-state index is 10.1. The van der Waals surface area contributed by atoms with E-state index in [1.54, 1.807) is 12.1 Å². The number of nitrogens with one attached hydrogen (secondary N) is 1. The number of H-pyrrole nitrogens is 1. The molecule has 0 saturated heterocycles. The highest BCUT2D eigenvalue weighted by Gasteiger charge is 2.10. The number of ether oxygens (including phenoxy) is 2. The first-order valence-corrected chi connectivity index (χ1v) is 4.78. The second kappa shape index (κ2) is 5.06. The van der Waals surface area contributed by atoms with Gasteiger partial charge in [0.25, 0.3) is 12.9 Å². The average molecular weight is 235 g/mol. The molecular formula is C10H9N3O4. The predicted molar refractivity (Wildman–Crippen MR) is 55.6 cm³/mol. The number of hydrogen-bond acceptors (Lipinski definition) is 6. The summed E-state index contributed by atoms with van der Waals surface area (Å²) in [6.45, 7) is 0.993. The molecule has 0 aliphatic carbocycles. The molecule has 7 nitrogen and oxygen atoms in total. The summed E-state index contributed by atoms with van der Waals surface area (Å²) in [5, 5.41) is 10.4. The lowest BCUT2D eigenvalue weighted by Crippen LogP contribution is -1.96. The fraction of sp³-hybridized carbons (Fsp3) is 0.200. The summed E-state index contributed by atoms with van der Waals surface area (Å²) < 4.78 is 9.34. The molecule has 7 heteroatoms. The van der Waals surface area contributed by atoms with Crippen LogP contribution in [0.2, 0.25) is 0 Å². The Labute approximate surface area is 95.7 Å². The van der Waals surface area contributed by atoms with E-state index in [-0.39, 0.29) is 13.2 Å². The van der Waals surface area contributed by atoms with E-state index in [4.69, 9.17) is 0 Å². The SMILES string of the molecule is O=COCc1ccc(COC=O)c2n[nH]nc12. The summed E-state index contributed by atoms with van der Waals surface area (Å²) in [4.78, 5) is 20.3. The van der Waals surface area contributed by atoms with Gasteiger partial charge in [-0.3, -0.25) is 9.59 Å². The van der Waals surface area contributed by atoms with E-state index in [1.807, 2.05) is 0 Å². The zero-order valence-electron chi connectivity index (χ0n) is 8.75. The van der Waals surface area contributed by atoms with Crippen molar-refractivity contribution in [3.05, 3.63) is 23.3 Å². The number of rotatable bonds is 6. The van der Waals surface area contributed by atoms with E-state index in [2.05, 4.69) is 24.9 Å². The number of fused-ring (bicyclic) bond motifs is 1. The molecule has 2 aromatic rings. The van der Waals surface area contributed by atoms with Gasteiger partial charge in [0.1, 0.15) is 24.2 Å². The lowest BCUT2D eigenvalue weighted by atomic mass is 10.1. The van der Waals surface area contributed by atoms with Gasteiger partial charge in [0.05, 0.1) is 0 Å². The van der Waals surface area contributed by atoms with Crippen LogP contribution in [0.1, 0.15) is 11.1 Å². The van der Waals surface area contributed by atoms with Gasteiger partial charge in [0.2, 0.25) is 0 Å². The molecule has 1 heterocycles. The number of carbonyl (C=O) groups is 2. The molecule has 0 amide bonds. The van der Waals surface area contributed by atoms with Crippen LogP contribution < -0.4 is 0 Å². The van der Waals surface area contributed by atoms with Crippen molar-refractivity contribution in [2.75, 3.05) is 0 Å². The highest BCUT2D eigenvalue weighted by Crippen LogP contribution is 2.19. The number of hydrogen-bond donors (Lipinski definition) is 1. The molecule has 1 aromatic heterocycles. The third-order valence-electron chi connectivity index (χ3n) is 2.26. The molecule has 1 aromatic carbocycles. The molecule has 0 unspecified atom stereocenters. The van der Waals surface area contributed by atoms with Gasteiger partial charge < -0.3 is 9.47 Å². The van der Waals surface area contributed by atoms with Gasteiger partial charge in [-0.2, -0.15) is 15.4 Å². The van der Waals surface area contributed by atoms with Gasteiger partial charge in [-0.1, -0.05) is 12.1 Å². The van der Waals surface area contributed by atoms with Crippen LogP contribution in [0.25, 0.3) is 11.0 Å². The Hall–Kier alpha value is -2.44. The second-order valence-electron chi connectivity index (χ2n) is 3.22. The van der Waals surface area contributed by atoms with Crippen molar-refractivity contribution in [1.82, 2.24) is 15.4 Å². The van der Waals surface area contributed by atoms with Gasteiger partial charge in [0, 0.05) is 11.1 Å². The molecule has 88 valence electrons. The van der Waals surface area contributed by atoms with Crippen molar-refractivity contribution < 1.29 is 19.1 Å². The Morgan fingerprint density at radius 3 is 1.88 bits per heavy atom. The maximum absolute atomic E-state index is 10.1. The molecular weight excluding hydrogens is 226 g/mol. The Kier molecular flexibility index (Phi) is 3.29. The number of nitrogens with zero attached hydrogens (tertiary/aromatic N) is 2. The Morgan fingerprint density at radius 2 is 1.47 bits per heavy atom. The Balaban J connectivity index is 2.35. The van der Waals surface area contributed by atoms with Gasteiger partial charge in [-0.15, -0.1) is 0 Å². The number of aromatic nitrogens is 3. The Morgan fingerprint density at radius 1 is 1.00 bits per heavy atom. The zero-order valence-corrected chi connectivity index (χ0v) is 8.75. The van der Waals surface area contributed by atoms with Crippen molar-refractivity contribution in [2.45, 2.75) is 13.2 Å². The third-order valence-corrected chi connectivity index (χ3v) is 2.26. The van der Waals surface area contributed by atoms with Gasteiger partial charge in [-0.05, 0) is 0 Å². The predicted octanol–water partition coefficient (Wildman–Crippen LogP) is 0.304. The minimum absolute atomic E-state index is 0.126. The van der Waals surface area contributed by atoms with Gasteiger partial charge in [0.15, 0.2) is 0 Å². The average Bonchev–Trinajstić information content (AvgIpc) is 2.83. The molecule has 0 spiro atoms. The molecule has 2 rings (SSSR count). The first-order chi connectivity index (χ1) is 8.36. The largest absolute Gasteiger partial charge is 0.463 e. The number of aromatic amines is 1. The normalized spacial score (nSPS) is 10.1. The first kappa shape index (κ1) is 11.1. The quantitative estimate of drug-likeness (QED) is 0.724. The highest BCUT2D eigenvalue weighted by molar-refractivity contribution is 5.80. The minimum atomic E-state index is 0.126. The molecule has 0 radical (unpaired) electrons. The van der Waals surface area contributed by atoms with Crippen LogP contribution in [0.4, 0.5) is 0 Å². The fourth-order valence-corrected chi connectivity index (χ4v) is 1.52. The summed E-state index contributed by atoms with van der Waals surface area (Å²) in [6.07, 6.45) is 0. The maximum Gasteiger partial charge on any atom is 0.293 e. The summed E-state index contributed by atoms with van der Waals surface area (Å²) in [5.74, 6) is 0. The first-order valence-electron chi connectivity index (χ1n) is 4.78. The van der Waals surface area contributed by atoms with Crippen LogP contribution >= 0.6 is 0 Å². The van der Waals surface area contributed by atoms with Crippen LogP contribution in [-0.2, 0) is 32.3 Å². The highest BCUT2D eigenvalue weighted by atomic mass is 16.5. The van der Waals surface area contributed by atoms with Crippen LogP contribution in [0.3, 0.4) is 0 Å². The second-order valence-corrected chi connectivity index (χ2v) is 3.22. The van der Waals surface area contributed by atoms with E-state index in [0.29, 0.717) is 24.0 Å². The van der Waals surface area contributed by atoms with Crippen LogP contribution in [0.15, 0.2) is 12.1 Å². The van der Waals surface area contributed by atoms with Crippen molar-refractivity contribution in [2.24, 2.45) is 0 Å². The van der Waals surface area contributed by atoms with Gasteiger partial charge in [-0.25, -0.2) is 0 Å². The molecule has 0 aliphatic rings. The number of benzene rings is 1. The van der Waals surface area contributed by atoms with Crippen LogP contribution in [-0.4, -0.2) is 28.4 Å². The molecule has 0 aliphatic heterocycles. The van der Waals surface area contributed by atoms with E-state index in [9.17, 15) is 9.59 Å². The van der Waals surface area contributed by atoms with Gasteiger partial charge >= 0.3 is 0 Å². The standard InChI is InChI=1S/C10H9N3O4/c14-5-16-3-7-1-2-8(4-17-6-15)10-9(7)11-13-12-10/h1-2,5-6H,3-4H2,(H,11,12,13). The smallest absolute Gasteiger partial charge is 0.293 e. The molecule has 0 saturated carbocycles. The van der Waals surface area contributed by atoms with E-state index in [0.717, 1.165) is 11.1 Å². The lowest BCUT2D eigenvalue weighted by molar-refractivity contribution is -0.130. The minimum Gasteiger partial charge on any atom is -0.463 e. The van der Waals surface area contributed by atoms with Crippen LogP contribution in [0, 0.1) is 0 Å². The third kappa shape index (κ3) is 2.22. The monoisotopic (exact) mass is 235 g/mol. The summed E-state index contributed by atoms with van der Waals surface area (Å²) >= 11 is 0. The zero-order chi connectivity index (χ0) is 12.1. The number of carbonyl (C=O) groups excluding carboxylic acids is 2. The van der Waals surface area contributed by atoms with Crippen LogP contribution in [0.5, 0.6) is 0 Å². The Bertz CT molecular complexity index is 491. The van der Waals surface area contributed by atoms with Crippen molar-refractivity contribution >= 4 is 24.0 Å². The summed E-state index contributed by atoms with van der Waals surface area (Å²) in [7, 11) is 0. The molecule has 0 atom stereocenters.